The van der Waals surface area contributed by atoms with Crippen molar-refractivity contribution in [1.29, 1.82) is 0 Å². The molecule has 0 aromatic heterocycles. The van der Waals surface area contributed by atoms with Crippen molar-refractivity contribution in [2.45, 2.75) is 25.1 Å². The predicted octanol–water partition coefficient (Wildman–Crippen LogP) is 5.75. The zero-order chi connectivity index (χ0) is 23.0. The lowest BCUT2D eigenvalue weighted by molar-refractivity contribution is -0.275. The minimum Gasteiger partial charge on any atom is -0.397 e. The van der Waals surface area contributed by atoms with Crippen LogP contribution in [0.15, 0.2) is 46.7 Å². The number of alkyl halides is 3. The normalized spacial score (nSPS) is 19.1. The highest BCUT2D eigenvalue weighted by molar-refractivity contribution is 6.34. The van der Waals surface area contributed by atoms with Crippen LogP contribution in [0.5, 0.6) is 0 Å². The summed E-state index contributed by atoms with van der Waals surface area (Å²) in [6.07, 6.45) is -5.26. The third-order valence-corrected chi connectivity index (χ3v) is 5.35. The number of hydrogen-bond donors (Lipinski definition) is 0. The third kappa shape index (κ3) is 4.45. The fraction of sp³-hybridized carbons (Fsp3) is 0.333. The second kappa shape index (κ2) is 8.59. The van der Waals surface area contributed by atoms with Gasteiger partial charge >= 0.3 is 6.18 Å². The maximum Gasteiger partial charge on any atom is 0.435 e. The van der Waals surface area contributed by atoms with E-state index in [1.807, 2.05) is 21.0 Å². The molecule has 166 valence electrons. The summed E-state index contributed by atoms with van der Waals surface area (Å²) in [6, 6.07) is 8.92. The molecule has 1 aliphatic heterocycles. The number of hydrogen-bond acceptors (Lipinski definition) is 4. The summed E-state index contributed by atoms with van der Waals surface area (Å²) in [4.78, 5) is 11.7. The van der Waals surface area contributed by atoms with E-state index >= 15 is 0 Å². The van der Waals surface area contributed by atoms with Crippen molar-refractivity contribution < 1.29 is 22.8 Å². The smallest absolute Gasteiger partial charge is 0.397 e. The molecule has 1 heterocycles. The number of rotatable bonds is 4. The van der Waals surface area contributed by atoms with Crippen LogP contribution in [0.3, 0.4) is 0 Å². The second-order valence-electron chi connectivity index (χ2n) is 7.31. The maximum atomic E-state index is 14.2. The van der Waals surface area contributed by atoms with Gasteiger partial charge in [0.15, 0.2) is 5.84 Å². The molecule has 0 N–H and O–H groups in total. The van der Waals surface area contributed by atoms with Crippen LogP contribution in [0.1, 0.15) is 28.7 Å². The largest absolute Gasteiger partial charge is 0.435 e. The van der Waals surface area contributed by atoms with E-state index in [0.717, 1.165) is 11.1 Å². The van der Waals surface area contributed by atoms with Gasteiger partial charge in [0.1, 0.15) is 7.11 Å². The molecule has 0 saturated carbocycles. The Morgan fingerprint density at radius 3 is 2.32 bits per heavy atom. The zero-order valence-corrected chi connectivity index (χ0v) is 18.7. The molecule has 31 heavy (non-hydrogen) atoms. The molecule has 5 nitrogen and oxygen atoms in total. The monoisotopic (exact) mass is 473 g/mol. The number of halogens is 5. The molecule has 0 radical (unpaired) electrons. The average Bonchev–Trinajstić information content (AvgIpc) is 3.12. The van der Waals surface area contributed by atoms with Crippen molar-refractivity contribution in [2.24, 2.45) is 10.3 Å². The Morgan fingerprint density at radius 2 is 1.81 bits per heavy atom. The topological polar surface area (TPSA) is 46.4 Å². The van der Waals surface area contributed by atoms with Gasteiger partial charge < -0.3 is 14.6 Å². The lowest BCUT2D eigenvalue weighted by atomic mass is 9.86. The molecule has 0 aliphatic carbocycles. The van der Waals surface area contributed by atoms with Gasteiger partial charge in [-0.05, 0) is 42.3 Å². The summed E-state index contributed by atoms with van der Waals surface area (Å²) in [6.45, 7) is 1.83. The Labute approximate surface area is 188 Å². The van der Waals surface area contributed by atoms with Gasteiger partial charge in [-0.2, -0.15) is 13.2 Å². The van der Waals surface area contributed by atoms with Gasteiger partial charge in [-0.1, -0.05) is 45.6 Å². The van der Waals surface area contributed by atoms with Crippen LogP contribution in [0.25, 0.3) is 0 Å². The highest BCUT2D eigenvalue weighted by atomic mass is 35.5. The first-order valence-electron chi connectivity index (χ1n) is 9.16. The maximum absolute atomic E-state index is 14.2. The summed E-state index contributed by atoms with van der Waals surface area (Å²) < 4.78 is 42.5. The first kappa shape index (κ1) is 23.2. The Bertz CT molecular complexity index is 1030. The summed E-state index contributed by atoms with van der Waals surface area (Å²) in [5.41, 5.74) is -0.629. The molecular weight excluding hydrogens is 454 g/mol. The Morgan fingerprint density at radius 1 is 1.16 bits per heavy atom. The highest BCUT2D eigenvalue weighted by Gasteiger charge is 2.62. The van der Waals surface area contributed by atoms with Gasteiger partial charge in [-0.3, -0.25) is 0 Å². The van der Waals surface area contributed by atoms with E-state index in [1.165, 1.54) is 25.3 Å². The van der Waals surface area contributed by atoms with Gasteiger partial charge in [-0.15, -0.1) is 0 Å². The van der Waals surface area contributed by atoms with Crippen LogP contribution < -0.4 is 0 Å². The van der Waals surface area contributed by atoms with Crippen molar-refractivity contribution in [3.63, 3.8) is 0 Å². The molecule has 0 bridgehead atoms. The molecule has 0 saturated heterocycles. The number of oxime groups is 2. The number of benzene rings is 2. The van der Waals surface area contributed by atoms with Gasteiger partial charge in [0.25, 0.3) is 5.60 Å². The highest BCUT2D eigenvalue weighted by Crippen LogP contribution is 2.49. The standard InChI is InChI=1S/C21H20Cl2F3N3O2/c1-12-7-13(5-6-17(12)19(28-30-4)29(2)3)18-11-20(31-27-18,21(24,25)26)14-8-15(22)10-16(23)9-14/h5-10H,11H2,1-4H3/b28-19-. The number of amidine groups is 1. The lowest BCUT2D eigenvalue weighted by Crippen LogP contribution is -2.42. The van der Waals surface area contributed by atoms with E-state index in [4.69, 9.17) is 32.9 Å². The molecule has 10 heteroatoms. The first-order valence-corrected chi connectivity index (χ1v) is 9.92. The van der Waals surface area contributed by atoms with Gasteiger partial charge in [0, 0.05) is 41.7 Å². The molecule has 0 fully saturated rings. The van der Waals surface area contributed by atoms with Crippen LogP contribution in [-0.2, 0) is 15.3 Å². The predicted molar refractivity (Wildman–Crippen MR) is 115 cm³/mol. The van der Waals surface area contributed by atoms with Crippen LogP contribution in [0, 0.1) is 6.92 Å². The fourth-order valence-electron chi connectivity index (χ4n) is 3.40. The minimum atomic E-state index is -4.75. The molecule has 0 amide bonds. The SMILES string of the molecule is CO/N=C(/c1ccc(C2=NOC(c3cc(Cl)cc(Cl)c3)(C(F)(F)F)C2)cc1C)N(C)C. The summed E-state index contributed by atoms with van der Waals surface area (Å²) in [5.74, 6) is 0.578. The van der Waals surface area contributed by atoms with E-state index < -0.39 is 18.2 Å². The number of aryl methyl sites for hydroxylation is 1. The minimum absolute atomic E-state index is 0.0806. The molecule has 3 rings (SSSR count). The fourth-order valence-corrected chi connectivity index (χ4v) is 3.92. The van der Waals surface area contributed by atoms with Crippen LogP contribution in [0.2, 0.25) is 10.0 Å². The lowest BCUT2D eigenvalue weighted by Gasteiger charge is -2.29. The van der Waals surface area contributed by atoms with Crippen molar-refractivity contribution in [2.75, 3.05) is 21.2 Å². The summed E-state index contributed by atoms with van der Waals surface area (Å²) in [5, 5.41) is 7.96. The van der Waals surface area contributed by atoms with Gasteiger partial charge in [0.05, 0.1) is 5.71 Å². The van der Waals surface area contributed by atoms with Crippen LogP contribution in [0.4, 0.5) is 13.2 Å². The first-order chi connectivity index (χ1) is 14.5. The summed E-state index contributed by atoms with van der Waals surface area (Å²) in [7, 11) is 5.07. The van der Waals surface area contributed by atoms with Crippen molar-refractivity contribution in [1.82, 2.24) is 4.90 Å². The second-order valence-corrected chi connectivity index (χ2v) is 8.18. The van der Waals surface area contributed by atoms with E-state index in [2.05, 4.69) is 10.3 Å². The molecule has 1 atom stereocenters. The van der Waals surface area contributed by atoms with Crippen LogP contribution in [-0.4, -0.2) is 43.8 Å². The van der Waals surface area contributed by atoms with E-state index in [-0.39, 0.29) is 21.3 Å². The van der Waals surface area contributed by atoms with Crippen molar-refractivity contribution in [3.8, 4) is 0 Å². The zero-order valence-electron chi connectivity index (χ0n) is 17.2. The van der Waals surface area contributed by atoms with E-state index in [0.29, 0.717) is 11.4 Å². The average molecular weight is 474 g/mol. The molecule has 2 aromatic carbocycles. The Balaban J connectivity index is 1.99. The van der Waals surface area contributed by atoms with Gasteiger partial charge in [0.2, 0.25) is 0 Å². The quantitative estimate of drug-likeness (QED) is 0.322. The summed E-state index contributed by atoms with van der Waals surface area (Å²) >= 11 is 11.9. The third-order valence-electron chi connectivity index (χ3n) is 4.92. The van der Waals surface area contributed by atoms with Gasteiger partial charge in [-0.25, -0.2) is 0 Å². The molecule has 2 aromatic rings. The molecule has 1 aliphatic rings. The van der Waals surface area contributed by atoms with Crippen molar-refractivity contribution >= 4 is 34.7 Å². The molecule has 0 spiro atoms. The molecular formula is C21H20Cl2F3N3O2. The Kier molecular flexibility index (Phi) is 6.43. The van der Waals surface area contributed by atoms with Crippen molar-refractivity contribution in [3.05, 3.63) is 68.7 Å². The van der Waals surface area contributed by atoms with E-state index in [9.17, 15) is 13.2 Å². The van der Waals surface area contributed by atoms with Crippen LogP contribution >= 0.6 is 23.2 Å². The Hall–Kier alpha value is -2.45. The van der Waals surface area contributed by atoms with E-state index in [1.54, 1.807) is 23.1 Å². The molecule has 1 unspecified atom stereocenters. The number of nitrogens with zero attached hydrogens (tertiary/aromatic N) is 3.